The molecule has 8 heteroatoms. The molecule has 3 heterocycles. The van der Waals surface area contributed by atoms with Crippen LogP contribution < -0.4 is 15.0 Å². The summed E-state index contributed by atoms with van der Waals surface area (Å²) < 4.78 is 5.85. The molecule has 0 unspecified atom stereocenters. The first-order chi connectivity index (χ1) is 15.3. The van der Waals surface area contributed by atoms with Gasteiger partial charge >= 0.3 is 0 Å². The molecule has 172 valence electrons. The maximum Gasteiger partial charge on any atom is 0.226 e. The van der Waals surface area contributed by atoms with Crippen molar-refractivity contribution in [3.63, 3.8) is 0 Å². The second-order valence-electron chi connectivity index (χ2n) is 9.11. The van der Waals surface area contributed by atoms with Crippen LogP contribution in [0.3, 0.4) is 0 Å². The molecule has 0 aliphatic carbocycles. The molecular weight excluding hydrogens is 447 g/mol. The lowest BCUT2D eigenvalue weighted by atomic mass is 9.79. The molecule has 0 bridgehead atoms. The van der Waals surface area contributed by atoms with Crippen molar-refractivity contribution in [1.82, 2.24) is 9.88 Å². The molecule has 1 aromatic carbocycles. The zero-order valence-electron chi connectivity index (χ0n) is 18.7. The summed E-state index contributed by atoms with van der Waals surface area (Å²) in [6.45, 7) is 9.68. The van der Waals surface area contributed by atoms with E-state index in [0.29, 0.717) is 34.8 Å². The highest BCUT2D eigenvalue weighted by Crippen LogP contribution is 2.37. The van der Waals surface area contributed by atoms with Crippen molar-refractivity contribution in [2.24, 2.45) is 0 Å². The Morgan fingerprint density at radius 1 is 1.09 bits per heavy atom. The molecule has 0 radical (unpaired) electrons. The lowest BCUT2D eigenvalue weighted by molar-refractivity contribution is -0.117. The van der Waals surface area contributed by atoms with E-state index in [1.807, 2.05) is 30.3 Å². The fourth-order valence-electron chi connectivity index (χ4n) is 4.40. The van der Waals surface area contributed by atoms with Gasteiger partial charge in [-0.25, -0.2) is 0 Å². The minimum Gasteiger partial charge on any atom is -0.478 e. The summed E-state index contributed by atoms with van der Waals surface area (Å²) in [4.78, 5) is 21.2. The van der Waals surface area contributed by atoms with Gasteiger partial charge in [-0.3, -0.25) is 9.69 Å². The Labute approximate surface area is 199 Å². The number of hydrogen-bond acceptors (Lipinski definition) is 5. The number of nitrogens with one attached hydrogen (secondary N) is 1. The molecule has 4 rings (SSSR count). The van der Waals surface area contributed by atoms with E-state index < -0.39 is 0 Å². The van der Waals surface area contributed by atoms with Crippen molar-refractivity contribution < 1.29 is 9.53 Å². The summed E-state index contributed by atoms with van der Waals surface area (Å²) in [6.07, 6.45) is 2.49. The first-order valence-corrected chi connectivity index (χ1v) is 11.9. The van der Waals surface area contributed by atoms with Gasteiger partial charge in [0.2, 0.25) is 11.8 Å². The van der Waals surface area contributed by atoms with Gasteiger partial charge in [0.1, 0.15) is 5.82 Å². The Kier molecular flexibility index (Phi) is 7.13. The van der Waals surface area contributed by atoms with E-state index >= 15 is 0 Å². The Morgan fingerprint density at radius 2 is 1.88 bits per heavy atom. The minimum absolute atomic E-state index is 0.00452. The van der Waals surface area contributed by atoms with Crippen LogP contribution >= 0.6 is 23.2 Å². The normalized spacial score (nSPS) is 18.2. The number of aromatic nitrogens is 1. The molecule has 32 heavy (non-hydrogen) atoms. The predicted molar refractivity (Wildman–Crippen MR) is 130 cm³/mol. The number of carbonyl (C=O) groups is 1. The zero-order valence-corrected chi connectivity index (χ0v) is 20.2. The molecule has 6 nitrogen and oxygen atoms in total. The van der Waals surface area contributed by atoms with Crippen molar-refractivity contribution in [1.29, 1.82) is 0 Å². The molecule has 2 aliphatic heterocycles. The summed E-state index contributed by atoms with van der Waals surface area (Å²) in [7, 11) is 0. The maximum absolute atomic E-state index is 11.9. The number of piperazine rings is 1. The highest BCUT2D eigenvalue weighted by Gasteiger charge is 2.33. The molecule has 1 aromatic heterocycles. The second-order valence-corrected chi connectivity index (χ2v) is 9.90. The van der Waals surface area contributed by atoms with Gasteiger partial charge < -0.3 is 15.0 Å². The van der Waals surface area contributed by atoms with Crippen molar-refractivity contribution >= 4 is 40.6 Å². The van der Waals surface area contributed by atoms with Gasteiger partial charge in [0, 0.05) is 49.6 Å². The van der Waals surface area contributed by atoms with Crippen molar-refractivity contribution in [3.8, 4) is 5.88 Å². The van der Waals surface area contributed by atoms with Gasteiger partial charge in [-0.15, -0.1) is 0 Å². The van der Waals surface area contributed by atoms with Crippen molar-refractivity contribution in [2.45, 2.75) is 38.5 Å². The summed E-state index contributed by atoms with van der Waals surface area (Å²) in [5, 5.41) is 4.11. The van der Waals surface area contributed by atoms with Crippen LogP contribution in [0.1, 0.15) is 38.7 Å². The van der Waals surface area contributed by atoms with Gasteiger partial charge in [0.05, 0.1) is 22.3 Å². The van der Waals surface area contributed by atoms with Crippen LogP contribution in [-0.2, 0) is 10.2 Å². The lowest BCUT2D eigenvalue weighted by Gasteiger charge is -2.36. The van der Waals surface area contributed by atoms with E-state index in [-0.39, 0.29) is 11.3 Å². The van der Waals surface area contributed by atoms with E-state index in [1.54, 1.807) is 0 Å². The third-order valence-electron chi connectivity index (χ3n) is 6.22. The maximum atomic E-state index is 11.9. The molecule has 2 aromatic rings. The smallest absolute Gasteiger partial charge is 0.226 e. The minimum atomic E-state index is -0.203. The van der Waals surface area contributed by atoms with Crippen LogP contribution in [0.15, 0.2) is 30.3 Å². The number of nitrogens with zero attached hydrogens (tertiary/aromatic N) is 3. The number of halogens is 2. The average molecular weight is 477 g/mol. The first kappa shape index (κ1) is 23.1. The van der Waals surface area contributed by atoms with E-state index in [4.69, 9.17) is 27.9 Å². The van der Waals surface area contributed by atoms with Crippen LogP contribution in [0.25, 0.3) is 0 Å². The zero-order chi connectivity index (χ0) is 22.7. The van der Waals surface area contributed by atoms with Crippen LogP contribution in [-0.4, -0.2) is 55.1 Å². The molecule has 1 saturated heterocycles. The Morgan fingerprint density at radius 3 is 2.66 bits per heavy atom. The largest absolute Gasteiger partial charge is 0.478 e. The molecular formula is C24H30Cl2N4O2. The summed E-state index contributed by atoms with van der Waals surface area (Å²) in [6, 6.07) is 9.72. The molecule has 0 spiro atoms. The number of fused-ring (bicyclic) bond motifs is 1. The van der Waals surface area contributed by atoms with Crippen LogP contribution in [0.5, 0.6) is 5.88 Å². The average Bonchev–Trinajstić information content (AvgIpc) is 2.75. The monoisotopic (exact) mass is 476 g/mol. The quantitative estimate of drug-likeness (QED) is 0.570. The summed E-state index contributed by atoms with van der Waals surface area (Å²) in [5.74, 6) is 1.19. The SMILES string of the molecule is CC1(C)CC(=O)Nc2nc(OCCCCN3CCN(c4cccc(Cl)c4Cl)CC3)ccc21. The van der Waals surface area contributed by atoms with Gasteiger partial charge in [-0.05, 0) is 37.6 Å². The summed E-state index contributed by atoms with van der Waals surface area (Å²) in [5.41, 5.74) is 1.87. The number of amides is 1. The fraction of sp³-hybridized carbons (Fsp3) is 0.500. The third-order valence-corrected chi connectivity index (χ3v) is 7.03. The third kappa shape index (κ3) is 5.30. The molecule has 1 N–H and O–H groups in total. The van der Waals surface area contributed by atoms with Gasteiger partial charge in [0.15, 0.2) is 0 Å². The second kappa shape index (κ2) is 9.86. The van der Waals surface area contributed by atoms with Gasteiger partial charge in [-0.2, -0.15) is 4.98 Å². The first-order valence-electron chi connectivity index (χ1n) is 11.2. The Bertz CT molecular complexity index is 974. The summed E-state index contributed by atoms with van der Waals surface area (Å²) >= 11 is 12.5. The van der Waals surface area contributed by atoms with E-state index in [9.17, 15) is 4.79 Å². The molecule has 2 aliphatic rings. The molecule has 1 amide bonds. The Hall–Kier alpha value is -2.02. The predicted octanol–water partition coefficient (Wildman–Crippen LogP) is 4.99. The number of carbonyl (C=O) groups excluding carboxylic acids is 1. The van der Waals surface area contributed by atoms with Gasteiger partial charge in [0.25, 0.3) is 0 Å². The number of ether oxygens (including phenoxy) is 1. The standard InChI is InChI=1S/C24H30Cl2N4O2/c1-24(2)16-20(31)27-23-17(24)8-9-21(28-23)32-15-4-3-10-29-11-13-30(14-12-29)19-7-5-6-18(25)22(19)26/h5-9H,3-4,10-16H2,1-2H3,(H,27,28,31). The molecule has 0 saturated carbocycles. The van der Waals surface area contributed by atoms with E-state index in [1.165, 1.54) is 0 Å². The number of rotatable bonds is 7. The van der Waals surface area contributed by atoms with E-state index in [2.05, 4.69) is 33.9 Å². The van der Waals surface area contributed by atoms with Crippen molar-refractivity contribution in [2.75, 3.05) is 49.5 Å². The number of hydrogen-bond donors (Lipinski definition) is 1. The molecule has 1 fully saturated rings. The van der Waals surface area contributed by atoms with Crippen LogP contribution in [0.4, 0.5) is 11.5 Å². The lowest BCUT2D eigenvalue weighted by Crippen LogP contribution is -2.46. The fourth-order valence-corrected chi connectivity index (χ4v) is 4.81. The van der Waals surface area contributed by atoms with E-state index in [0.717, 1.165) is 56.8 Å². The highest BCUT2D eigenvalue weighted by atomic mass is 35.5. The van der Waals surface area contributed by atoms with Crippen LogP contribution in [0, 0.1) is 0 Å². The number of anilines is 2. The number of benzene rings is 1. The van der Waals surface area contributed by atoms with Crippen LogP contribution in [0.2, 0.25) is 10.0 Å². The topological polar surface area (TPSA) is 57.7 Å². The van der Waals surface area contributed by atoms with Gasteiger partial charge in [-0.1, -0.05) is 43.1 Å². The number of pyridine rings is 1. The highest BCUT2D eigenvalue weighted by molar-refractivity contribution is 6.43. The van der Waals surface area contributed by atoms with Crippen molar-refractivity contribution in [3.05, 3.63) is 45.9 Å². The number of unbranched alkanes of at least 4 members (excludes halogenated alkanes) is 1. The molecule has 0 atom stereocenters. The Balaban J connectivity index is 1.18.